The van der Waals surface area contributed by atoms with Crippen molar-refractivity contribution in [2.24, 2.45) is 0 Å². The maximum Gasteiger partial charge on any atom is 1.00 e. The van der Waals surface area contributed by atoms with Crippen LogP contribution in [0.25, 0.3) is 11.4 Å². The molecule has 0 saturated heterocycles. The molecular formula is C29H36N3NaO7. The fraction of sp³-hybridized carbons (Fsp3) is 0.414. The van der Waals surface area contributed by atoms with Gasteiger partial charge in [0.15, 0.2) is 0 Å². The zero-order chi connectivity index (χ0) is 28.5. The molecule has 0 aliphatic heterocycles. The van der Waals surface area contributed by atoms with E-state index in [4.69, 9.17) is 14.5 Å². The fourth-order valence-electron chi connectivity index (χ4n) is 4.40. The molecule has 1 heterocycles. The van der Waals surface area contributed by atoms with Gasteiger partial charge in [0.2, 0.25) is 0 Å². The summed E-state index contributed by atoms with van der Waals surface area (Å²) in [5, 5.41) is 34.1. The number of nitrogens with zero attached hydrogens (tertiary/aromatic N) is 2. The van der Waals surface area contributed by atoms with Gasteiger partial charge in [0.1, 0.15) is 23.0 Å². The molecule has 3 N–H and O–H groups in total. The van der Waals surface area contributed by atoms with Gasteiger partial charge in [-0.05, 0) is 60.7 Å². The number of carboxylic acid groups (broad SMARTS) is 1. The topological polar surface area (TPSA) is 146 Å². The van der Waals surface area contributed by atoms with Crippen molar-refractivity contribution in [1.82, 2.24) is 14.9 Å². The van der Waals surface area contributed by atoms with E-state index in [-0.39, 0.29) is 59.9 Å². The van der Waals surface area contributed by atoms with Crippen LogP contribution < -0.4 is 49.5 Å². The van der Waals surface area contributed by atoms with Crippen LogP contribution in [0, 0.1) is 0 Å². The van der Waals surface area contributed by atoms with Crippen molar-refractivity contribution in [3.63, 3.8) is 0 Å². The average Bonchev–Trinajstić information content (AvgIpc) is 3.30. The smallest absolute Gasteiger partial charge is 0.550 e. The molecule has 210 valence electrons. The summed E-state index contributed by atoms with van der Waals surface area (Å²) < 4.78 is 12.4. The van der Waals surface area contributed by atoms with Gasteiger partial charge in [0.25, 0.3) is 5.91 Å². The molecule has 2 aromatic carbocycles. The van der Waals surface area contributed by atoms with E-state index in [2.05, 4.69) is 5.32 Å². The first-order valence-corrected chi connectivity index (χ1v) is 12.8. The Labute approximate surface area is 256 Å². The number of carboxylic acids is 1. The van der Waals surface area contributed by atoms with E-state index in [1.54, 1.807) is 26.4 Å². The third kappa shape index (κ3) is 9.07. The van der Waals surface area contributed by atoms with E-state index in [0.717, 1.165) is 16.9 Å². The van der Waals surface area contributed by atoms with Crippen molar-refractivity contribution in [3.8, 4) is 22.9 Å². The number of rotatable bonds is 14. The predicted molar refractivity (Wildman–Crippen MR) is 143 cm³/mol. The maximum atomic E-state index is 13.4. The molecule has 0 radical (unpaired) electrons. The first-order chi connectivity index (χ1) is 18.6. The third-order valence-electron chi connectivity index (χ3n) is 6.36. The number of imidazole rings is 1. The number of hydrogen-bond donors (Lipinski definition) is 3. The maximum absolute atomic E-state index is 13.4. The number of amides is 1. The summed E-state index contributed by atoms with van der Waals surface area (Å²) in [5.74, 6) is 0.178. The van der Waals surface area contributed by atoms with Crippen molar-refractivity contribution >= 4 is 11.9 Å². The average molecular weight is 562 g/mol. The molecule has 10 nitrogen and oxygen atoms in total. The molecule has 0 unspecified atom stereocenters. The molecule has 11 heteroatoms. The van der Waals surface area contributed by atoms with E-state index in [9.17, 15) is 24.9 Å². The molecule has 1 aromatic heterocycles. The minimum Gasteiger partial charge on any atom is -0.550 e. The van der Waals surface area contributed by atoms with Crippen molar-refractivity contribution in [2.75, 3.05) is 14.2 Å². The molecule has 1 amide bonds. The summed E-state index contributed by atoms with van der Waals surface area (Å²) >= 11 is 0. The number of carbonyl (C=O) groups excluding carboxylic acids is 2. The molecular weight excluding hydrogens is 525 g/mol. The molecule has 3 rings (SSSR count). The molecule has 2 atom stereocenters. The largest absolute Gasteiger partial charge is 1.00 e. The van der Waals surface area contributed by atoms with Crippen LogP contribution in [-0.4, -0.2) is 58.1 Å². The molecule has 3 aromatic rings. The minimum atomic E-state index is -1.38. The summed E-state index contributed by atoms with van der Waals surface area (Å²) in [5.41, 5.74) is 2.66. The Hall–Kier alpha value is -2.89. The van der Waals surface area contributed by atoms with E-state index in [1.807, 2.05) is 54.8 Å². The normalized spacial score (nSPS) is 12.4. The van der Waals surface area contributed by atoms with Gasteiger partial charge in [-0.1, -0.05) is 26.0 Å². The second kappa shape index (κ2) is 15.8. The minimum absolute atomic E-state index is 0. The van der Waals surface area contributed by atoms with Crippen LogP contribution in [0.15, 0.2) is 48.5 Å². The van der Waals surface area contributed by atoms with Crippen LogP contribution in [0.5, 0.6) is 11.5 Å². The number of aliphatic hydroxyl groups is 2. The molecule has 0 bridgehead atoms. The first-order valence-electron chi connectivity index (χ1n) is 12.8. The van der Waals surface area contributed by atoms with Crippen LogP contribution in [0.4, 0.5) is 0 Å². The number of carbonyl (C=O) groups is 2. The molecule has 0 saturated carbocycles. The van der Waals surface area contributed by atoms with Gasteiger partial charge in [-0.3, -0.25) is 4.79 Å². The number of aliphatic carboxylic acids is 1. The van der Waals surface area contributed by atoms with Gasteiger partial charge >= 0.3 is 29.6 Å². The molecule has 40 heavy (non-hydrogen) atoms. The Bertz CT molecular complexity index is 1240. The predicted octanol–water partition coefficient (Wildman–Crippen LogP) is -0.733. The van der Waals surface area contributed by atoms with Gasteiger partial charge < -0.3 is 39.5 Å². The SMILES string of the molecule is COc1ccc(CNC(=O)c2nc(-c3ccc(OC)cc3)n(CC[C@@H](O)C[C@@H](O)CC(=O)[O-])c2C(C)C)cc1.[Na+]. The molecule has 0 spiro atoms. The second-order valence-corrected chi connectivity index (χ2v) is 9.64. The first kappa shape index (κ1) is 33.3. The summed E-state index contributed by atoms with van der Waals surface area (Å²) in [4.78, 5) is 28.9. The quantitative estimate of drug-likeness (QED) is 0.218. The van der Waals surface area contributed by atoms with Gasteiger partial charge in [-0.2, -0.15) is 0 Å². The van der Waals surface area contributed by atoms with Crippen LogP contribution in [0.3, 0.4) is 0 Å². The standard InChI is InChI=1S/C29H37N3O7.Na/c1-18(2)27-26(29(37)30-17-19-5-9-23(38-3)10-6-19)31-28(20-7-11-24(39-4)12-8-20)32(27)14-13-21(33)15-22(34)16-25(35)36;/h5-12,18,21-22,33-34H,13-17H2,1-4H3,(H,30,37)(H,35,36);/q;+1/p-1/t21-,22-;/m1./s1. The monoisotopic (exact) mass is 561 g/mol. The van der Waals surface area contributed by atoms with Crippen molar-refractivity contribution in [1.29, 1.82) is 0 Å². The number of aliphatic hydroxyl groups excluding tert-OH is 2. The van der Waals surface area contributed by atoms with Crippen molar-refractivity contribution in [3.05, 3.63) is 65.5 Å². The van der Waals surface area contributed by atoms with Crippen molar-refractivity contribution in [2.45, 2.75) is 64.3 Å². The summed E-state index contributed by atoms with van der Waals surface area (Å²) in [6.07, 6.45) is -2.60. The fourth-order valence-corrected chi connectivity index (χ4v) is 4.40. The summed E-state index contributed by atoms with van der Waals surface area (Å²) in [6.45, 7) is 4.53. The number of aromatic nitrogens is 2. The molecule has 0 fully saturated rings. The Balaban J connectivity index is 0.00000560. The number of hydrogen-bond acceptors (Lipinski definition) is 8. The number of ether oxygens (including phenoxy) is 2. The van der Waals surface area contributed by atoms with Crippen LogP contribution in [0.1, 0.15) is 60.8 Å². The van der Waals surface area contributed by atoms with Gasteiger partial charge in [-0.15, -0.1) is 0 Å². The Morgan fingerprint density at radius 1 is 0.975 bits per heavy atom. The second-order valence-electron chi connectivity index (χ2n) is 9.64. The number of benzene rings is 2. The molecule has 0 aliphatic carbocycles. The van der Waals surface area contributed by atoms with Gasteiger partial charge in [0, 0.05) is 31.0 Å². The van der Waals surface area contributed by atoms with E-state index in [1.165, 1.54) is 0 Å². The van der Waals surface area contributed by atoms with Crippen molar-refractivity contribution < 1.29 is 63.9 Å². The zero-order valence-electron chi connectivity index (χ0n) is 23.7. The van der Waals surface area contributed by atoms with Crippen LogP contribution >= 0.6 is 0 Å². The number of nitrogens with one attached hydrogen (secondary N) is 1. The van der Waals surface area contributed by atoms with Gasteiger partial charge in [-0.25, -0.2) is 4.98 Å². The summed E-state index contributed by atoms with van der Waals surface area (Å²) in [6, 6.07) is 14.7. The summed E-state index contributed by atoms with van der Waals surface area (Å²) in [7, 11) is 3.17. The number of methoxy groups -OCH3 is 2. The Morgan fingerprint density at radius 3 is 2.08 bits per heavy atom. The van der Waals surface area contributed by atoms with Crippen LogP contribution in [-0.2, 0) is 17.9 Å². The van der Waals surface area contributed by atoms with E-state index < -0.39 is 24.6 Å². The molecule has 0 aliphatic rings. The Kier molecular flexibility index (Phi) is 13.1. The van der Waals surface area contributed by atoms with Crippen LogP contribution in [0.2, 0.25) is 0 Å². The van der Waals surface area contributed by atoms with E-state index >= 15 is 0 Å². The third-order valence-corrected chi connectivity index (χ3v) is 6.36. The van der Waals surface area contributed by atoms with Gasteiger partial charge in [0.05, 0.1) is 32.1 Å². The van der Waals surface area contributed by atoms with E-state index in [0.29, 0.717) is 30.4 Å². The zero-order valence-corrected chi connectivity index (χ0v) is 25.7. The Morgan fingerprint density at radius 2 is 1.55 bits per heavy atom.